The molecular formula is C21H20N2O3. The molecule has 0 saturated carbocycles. The highest BCUT2D eigenvalue weighted by Crippen LogP contribution is 2.29. The van der Waals surface area contributed by atoms with Crippen molar-refractivity contribution in [2.24, 2.45) is 0 Å². The Morgan fingerprint density at radius 1 is 0.962 bits per heavy atom. The highest BCUT2D eigenvalue weighted by Gasteiger charge is 2.07. The summed E-state index contributed by atoms with van der Waals surface area (Å²) in [6.45, 7) is 5.14. The zero-order chi connectivity index (χ0) is 18.8. The van der Waals surface area contributed by atoms with Gasteiger partial charge in [0.25, 0.3) is 0 Å². The summed E-state index contributed by atoms with van der Waals surface area (Å²) in [5.41, 5.74) is 1.88. The quantitative estimate of drug-likeness (QED) is 0.526. The van der Waals surface area contributed by atoms with E-state index in [0.29, 0.717) is 36.9 Å². The van der Waals surface area contributed by atoms with E-state index in [9.17, 15) is 0 Å². The van der Waals surface area contributed by atoms with Crippen molar-refractivity contribution in [1.29, 1.82) is 10.5 Å². The number of benzene rings is 2. The molecule has 5 nitrogen and oxygen atoms in total. The average Bonchev–Trinajstić information content (AvgIpc) is 2.65. The van der Waals surface area contributed by atoms with Crippen molar-refractivity contribution in [2.45, 2.75) is 13.8 Å². The molecule has 0 saturated heterocycles. The van der Waals surface area contributed by atoms with E-state index < -0.39 is 0 Å². The van der Waals surface area contributed by atoms with E-state index in [4.69, 9.17) is 24.7 Å². The summed E-state index contributed by atoms with van der Waals surface area (Å²) < 4.78 is 17.0. The van der Waals surface area contributed by atoms with Crippen LogP contribution in [-0.2, 0) is 0 Å². The minimum absolute atomic E-state index is 0.0349. The van der Waals surface area contributed by atoms with Crippen LogP contribution >= 0.6 is 0 Å². The van der Waals surface area contributed by atoms with Crippen LogP contribution in [0, 0.1) is 29.6 Å². The Bertz CT molecular complexity index is 844. The second kappa shape index (κ2) is 9.76. The van der Waals surface area contributed by atoms with E-state index in [0.717, 1.165) is 11.3 Å². The highest BCUT2D eigenvalue weighted by atomic mass is 16.5. The summed E-state index contributed by atoms with van der Waals surface area (Å²) in [6, 6.07) is 16.8. The third kappa shape index (κ3) is 5.58. The molecule has 5 heteroatoms. The molecule has 2 rings (SSSR count). The normalized spacial score (nSPS) is 9.54. The molecule has 2 aromatic rings. The molecule has 2 aromatic carbocycles. The lowest BCUT2D eigenvalue weighted by Gasteiger charge is -2.13. The number of aryl methyl sites for hydroxylation is 1. The third-order valence-corrected chi connectivity index (χ3v) is 3.42. The predicted molar refractivity (Wildman–Crippen MR) is 99.0 cm³/mol. The second-order valence-corrected chi connectivity index (χ2v) is 5.43. The lowest BCUT2D eigenvalue weighted by molar-refractivity contribution is 0.208. The van der Waals surface area contributed by atoms with Crippen molar-refractivity contribution in [2.75, 3.05) is 19.8 Å². The Hall–Kier alpha value is -3.44. The Balaban J connectivity index is 2.01. The lowest BCUT2D eigenvalue weighted by Crippen LogP contribution is -2.10. The Morgan fingerprint density at radius 3 is 2.42 bits per heavy atom. The summed E-state index contributed by atoms with van der Waals surface area (Å²) in [5.74, 6) is 1.96. The Kier molecular flexibility index (Phi) is 7.09. The van der Waals surface area contributed by atoms with Gasteiger partial charge < -0.3 is 14.2 Å². The van der Waals surface area contributed by atoms with Gasteiger partial charge in [0.05, 0.1) is 6.61 Å². The lowest BCUT2D eigenvalue weighted by atomic mass is 10.1. The van der Waals surface area contributed by atoms with Crippen molar-refractivity contribution < 1.29 is 14.2 Å². The van der Waals surface area contributed by atoms with Gasteiger partial charge in [-0.3, -0.25) is 0 Å². The van der Waals surface area contributed by atoms with Crippen LogP contribution in [-0.4, -0.2) is 19.8 Å². The van der Waals surface area contributed by atoms with E-state index in [2.05, 4.69) is 0 Å². The molecule has 0 aliphatic carbocycles. The molecule has 132 valence electrons. The molecule has 0 atom stereocenters. The molecule has 0 fully saturated rings. The van der Waals surface area contributed by atoms with E-state index in [1.165, 1.54) is 6.08 Å². The van der Waals surface area contributed by atoms with Crippen LogP contribution < -0.4 is 14.2 Å². The molecule has 0 N–H and O–H groups in total. The molecule has 26 heavy (non-hydrogen) atoms. The SMILES string of the molecule is CCOc1cc(C=C(C#N)C#N)ccc1OCCOc1cccc(C)c1. The van der Waals surface area contributed by atoms with Gasteiger partial charge in [-0.1, -0.05) is 18.2 Å². The minimum Gasteiger partial charge on any atom is -0.490 e. The maximum absolute atomic E-state index is 8.86. The van der Waals surface area contributed by atoms with Gasteiger partial charge in [0.2, 0.25) is 0 Å². The molecule has 0 bridgehead atoms. The maximum Gasteiger partial charge on any atom is 0.161 e. The van der Waals surface area contributed by atoms with Crippen LogP contribution in [0.3, 0.4) is 0 Å². The van der Waals surface area contributed by atoms with Crippen molar-refractivity contribution in [3.8, 4) is 29.4 Å². The Morgan fingerprint density at radius 2 is 1.73 bits per heavy atom. The number of rotatable bonds is 8. The van der Waals surface area contributed by atoms with Gasteiger partial charge >= 0.3 is 0 Å². The van der Waals surface area contributed by atoms with Crippen LogP contribution in [0.4, 0.5) is 0 Å². The highest BCUT2D eigenvalue weighted by molar-refractivity contribution is 5.64. The number of hydrogen-bond donors (Lipinski definition) is 0. The molecule has 0 aliphatic rings. The third-order valence-electron chi connectivity index (χ3n) is 3.42. The van der Waals surface area contributed by atoms with Gasteiger partial charge in [0, 0.05) is 0 Å². The van der Waals surface area contributed by atoms with E-state index in [1.54, 1.807) is 18.2 Å². The standard InChI is InChI=1S/C21H20N2O3/c1-3-24-21-13-17(12-18(14-22)15-23)7-8-20(21)26-10-9-25-19-6-4-5-16(2)11-19/h4-8,11-13H,3,9-10H2,1-2H3. The number of nitriles is 2. The second-order valence-electron chi connectivity index (χ2n) is 5.43. The molecule has 0 radical (unpaired) electrons. The van der Waals surface area contributed by atoms with Gasteiger partial charge in [0.1, 0.15) is 36.7 Å². The molecule has 0 aromatic heterocycles. The number of nitrogens with zero attached hydrogens (tertiary/aromatic N) is 2. The predicted octanol–water partition coefficient (Wildman–Crippen LogP) is 4.28. The first kappa shape index (κ1) is 18.9. The van der Waals surface area contributed by atoms with Crippen molar-refractivity contribution in [3.63, 3.8) is 0 Å². The molecular weight excluding hydrogens is 328 g/mol. The van der Waals surface area contributed by atoms with E-state index >= 15 is 0 Å². The van der Waals surface area contributed by atoms with Gasteiger partial charge in [-0.05, 0) is 55.3 Å². The fraction of sp³-hybridized carbons (Fsp3) is 0.238. The largest absolute Gasteiger partial charge is 0.490 e. The molecule has 0 spiro atoms. The summed E-state index contributed by atoms with van der Waals surface area (Å²) in [7, 11) is 0. The van der Waals surface area contributed by atoms with Crippen LogP contribution in [0.5, 0.6) is 17.2 Å². The first-order valence-electron chi connectivity index (χ1n) is 8.27. The fourth-order valence-corrected chi connectivity index (χ4v) is 2.27. The topological polar surface area (TPSA) is 75.3 Å². The zero-order valence-electron chi connectivity index (χ0n) is 14.9. The summed E-state index contributed by atoms with van der Waals surface area (Å²) in [5, 5.41) is 17.7. The first-order chi connectivity index (χ1) is 12.7. The van der Waals surface area contributed by atoms with E-state index in [-0.39, 0.29) is 5.57 Å². The van der Waals surface area contributed by atoms with Crippen molar-refractivity contribution in [3.05, 3.63) is 59.2 Å². The summed E-state index contributed by atoms with van der Waals surface area (Å²) in [6.07, 6.45) is 1.51. The zero-order valence-corrected chi connectivity index (χ0v) is 14.9. The minimum atomic E-state index is 0.0349. The number of allylic oxidation sites excluding steroid dienone is 1. The molecule has 0 heterocycles. The maximum atomic E-state index is 8.86. The number of hydrogen-bond acceptors (Lipinski definition) is 5. The monoisotopic (exact) mass is 348 g/mol. The van der Waals surface area contributed by atoms with Gasteiger partial charge in [-0.25, -0.2) is 0 Å². The van der Waals surface area contributed by atoms with Crippen molar-refractivity contribution in [1.82, 2.24) is 0 Å². The van der Waals surface area contributed by atoms with Gasteiger partial charge in [-0.15, -0.1) is 0 Å². The van der Waals surface area contributed by atoms with Gasteiger partial charge in [0.15, 0.2) is 11.5 Å². The van der Waals surface area contributed by atoms with Crippen LogP contribution in [0.25, 0.3) is 6.08 Å². The average molecular weight is 348 g/mol. The molecule has 0 unspecified atom stereocenters. The Labute approximate surface area is 153 Å². The summed E-state index contributed by atoms with van der Waals surface area (Å²) in [4.78, 5) is 0. The van der Waals surface area contributed by atoms with Crippen LogP contribution in [0.15, 0.2) is 48.0 Å². The van der Waals surface area contributed by atoms with Crippen LogP contribution in [0.1, 0.15) is 18.1 Å². The molecule has 0 aliphatic heterocycles. The number of ether oxygens (including phenoxy) is 3. The van der Waals surface area contributed by atoms with Crippen molar-refractivity contribution >= 4 is 6.08 Å². The van der Waals surface area contributed by atoms with Gasteiger partial charge in [-0.2, -0.15) is 10.5 Å². The molecule has 0 amide bonds. The fourth-order valence-electron chi connectivity index (χ4n) is 2.27. The first-order valence-corrected chi connectivity index (χ1v) is 8.27. The summed E-state index contributed by atoms with van der Waals surface area (Å²) >= 11 is 0. The smallest absolute Gasteiger partial charge is 0.161 e. The van der Waals surface area contributed by atoms with E-state index in [1.807, 2.05) is 50.3 Å². The van der Waals surface area contributed by atoms with Crippen LogP contribution in [0.2, 0.25) is 0 Å².